The molecule has 1 aliphatic heterocycles. The zero-order valence-electron chi connectivity index (χ0n) is 20.4. The number of halogens is 2. The number of rotatable bonds is 4. The zero-order chi connectivity index (χ0) is 25.7. The third-order valence-corrected chi connectivity index (χ3v) is 8.76. The van der Waals surface area contributed by atoms with Gasteiger partial charge in [0.25, 0.3) is 5.91 Å². The molecule has 1 amide bonds. The molecule has 0 bridgehead atoms. The van der Waals surface area contributed by atoms with Crippen LogP contribution in [-0.4, -0.2) is 32.3 Å². The number of nitrogens with one attached hydrogen (secondary N) is 1. The molecule has 6 rings (SSSR count). The number of hydrogen-bond donors (Lipinski definition) is 1. The van der Waals surface area contributed by atoms with Crippen LogP contribution in [0.5, 0.6) is 0 Å². The number of imidazole rings is 1. The maximum Gasteiger partial charge on any atom is 0.274 e. The molecule has 186 valence electrons. The fraction of sp³-hybridized carbons (Fsp3) is 0.207. The summed E-state index contributed by atoms with van der Waals surface area (Å²) in [6.07, 6.45) is 1.62. The highest BCUT2D eigenvalue weighted by molar-refractivity contribution is 7.18. The van der Waals surface area contributed by atoms with Gasteiger partial charge in [-0.2, -0.15) is 0 Å². The number of thiazole rings is 1. The number of fused-ring (bicyclic) bond motifs is 1. The van der Waals surface area contributed by atoms with Crippen molar-refractivity contribution in [2.75, 3.05) is 6.54 Å². The number of carbonyl (C=O) groups is 1. The van der Waals surface area contributed by atoms with Crippen molar-refractivity contribution in [3.8, 4) is 21.0 Å². The van der Waals surface area contributed by atoms with Crippen LogP contribution >= 0.6 is 22.9 Å². The van der Waals surface area contributed by atoms with Gasteiger partial charge in [0.15, 0.2) is 0 Å². The Morgan fingerprint density at radius 1 is 1.05 bits per heavy atom. The van der Waals surface area contributed by atoms with E-state index >= 15 is 0 Å². The van der Waals surface area contributed by atoms with E-state index < -0.39 is 5.54 Å². The molecule has 1 atom stereocenters. The van der Waals surface area contributed by atoms with Gasteiger partial charge in [-0.25, -0.2) is 14.4 Å². The van der Waals surface area contributed by atoms with E-state index in [4.69, 9.17) is 21.6 Å². The molecule has 3 aromatic carbocycles. The second-order valence-electron chi connectivity index (χ2n) is 9.56. The molecular formula is C29H24ClFN4OS. The molecule has 0 radical (unpaired) electrons. The Balaban J connectivity index is 1.45. The monoisotopic (exact) mass is 530 g/mol. The van der Waals surface area contributed by atoms with Gasteiger partial charge in [-0.05, 0) is 62.1 Å². The van der Waals surface area contributed by atoms with Crippen LogP contribution in [0.2, 0.25) is 5.02 Å². The lowest BCUT2D eigenvalue weighted by atomic mass is 9.97. The van der Waals surface area contributed by atoms with E-state index in [0.717, 1.165) is 56.3 Å². The van der Waals surface area contributed by atoms with Crippen LogP contribution in [0.4, 0.5) is 4.39 Å². The Kier molecular flexibility index (Phi) is 5.85. The summed E-state index contributed by atoms with van der Waals surface area (Å²) in [7, 11) is 0. The molecule has 1 saturated heterocycles. The average molecular weight is 531 g/mol. The molecule has 1 aliphatic rings. The molecule has 1 unspecified atom stereocenters. The Bertz CT molecular complexity index is 1630. The Labute approximate surface area is 223 Å². The van der Waals surface area contributed by atoms with Gasteiger partial charge in [0, 0.05) is 17.1 Å². The molecule has 2 aromatic heterocycles. The summed E-state index contributed by atoms with van der Waals surface area (Å²) >= 11 is 7.78. The molecular weight excluding hydrogens is 507 g/mol. The first-order valence-electron chi connectivity index (χ1n) is 12.1. The van der Waals surface area contributed by atoms with Crippen molar-refractivity contribution in [3.63, 3.8) is 0 Å². The van der Waals surface area contributed by atoms with Crippen LogP contribution in [-0.2, 0) is 5.54 Å². The second kappa shape index (κ2) is 9.08. The number of aromatic amines is 1. The summed E-state index contributed by atoms with van der Waals surface area (Å²) in [5.74, 6) is 0.255. The summed E-state index contributed by atoms with van der Waals surface area (Å²) < 4.78 is 13.7. The highest BCUT2D eigenvalue weighted by atomic mass is 35.5. The predicted molar refractivity (Wildman–Crippen MR) is 146 cm³/mol. The van der Waals surface area contributed by atoms with E-state index in [-0.39, 0.29) is 11.7 Å². The maximum absolute atomic E-state index is 14.2. The Morgan fingerprint density at radius 3 is 2.57 bits per heavy atom. The fourth-order valence-corrected chi connectivity index (χ4v) is 6.29. The van der Waals surface area contributed by atoms with E-state index in [1.54, 1.807) is 12.1 Å². The van der Waals surface area contributed by atoms with Crippen molar-refractivity contribution >= 4 is 39.9 Å². The van der Waals surface area contributed by atoms with Crippen molar-refractivity contribution in [1.82, 2.24) is 19.9 Å². The zero-order valence-corrected chi connectivity index (χ0v) is 22.0. The number of nitrogens with zero attached hydrogens (tertiary/aromatic N) is 3. The standard InChI is InChI=1S/C29H24ClFN4OS/c1-17-21(30)13-14-22-23(17)34-28(32-22)29(2)15-6-16-35(29)27(36)24-25(18-9-11-20(31)12-10-18)37-26(33-24)19-7-4-3-5-8-19/h3-5,7-14H,6,15-16H2,1-2H3,(H,32,34). The number of aryl methyl sites for hydroxylation is 1. The van der Waals surface area contributed by atoms with E-state index in [1.165, 1.54) is 23.5 Å². The Morgan fingerprint density at radius 2 is 1.81 bits per heavy atom. The van der Waals surface area contributed by atoms with Crippen LogP contribution < -0.4 is 0 Å². The second-order valence-corrected chi connectivity index (χ2v) is 11.0. The number of benzene rings is 3. The molecule has 3 heterocycles. The molecule has 0 saturated carbocycles. The van der Waals surface area contributed by atoms with Crippen molar-refractivity contribution in [2.45, 2.75) is 32.2 Å². The molecule has 1 N–H and O–H groups in total. The van der Waals surface area contributed by atoms with Crippen molar-refractivity contribution in [2.24, 2.45) is 0 Å². The molecule has 8 heteroatoms. The third-order valence-electron chi connectivity index (χ3n) is 7.19. The minimum absolute atomic E-state index is 0.159. The van der Waals surface area contributed by atoms with Crippen molar-refractivity contribution in [1.29, 1.82) is 0 Å². The van der Waals surface area contributed by atoms with Crippen LogP contribution in [0.1, 0.15) is 41.6 Å². The highest BCUT2D eigenvalue weighted by Crippen LogP contribution is 2.42. The van der Waals surface area contributed by atoms with Gasteiger partial charge in [0.05, 0.1) is 21.4 Å². The Hall–Kier alpha value is -3.55. The number of aromatic nitrogens is 3. The largest absolute Gasteiger partial charge is 0.340 e. The van der Waals surface area contributed by atoms with Gasteiger partial charge in [0.1, 0.15) is 22.3 Å². The molecule has 5 aromatic rings. The quantitative estimate of drug-likeness (QED) is 0.260. The highest BCUT2D eigenvalue weighted by Gasteiger charge is 2.45. The first-order valence-corrected chi connectivity index (χ1v) is 13.3. The summed E-state index contributed by atoms with van der Waals surface area (Å²) in [6.45, 7) is 4.59. The number of amides is 1. The number of H-pyrrole nitrogens is 1. The van der Waals surface area contributed by atoms with E-state index in [1.807, 2.05) is 54.3 Å². The van der Waals surface area contributed by atoms with Gasteiger partial charge in [-0.3, -0.25) is 4.79 Å². The first kappa shape index (κ1) is 23.8. The number of hydrogen-bond acceptors (Lipinski definition) is 4. The van der Waals surface area contributed by atoms with E-state index in [0.29, 0.717) is 17.3 Å². The van der Waals surface area contributed by atoms with Crippen LogP contribution in [0.15, 0.2) is 66.7 Å². The van der Waals surface area contributed by atoms with E-state index in [9.17, 15) is 9.18 Å². The van der Waals surface area contributed by atoms with Crippen molar-refractivity contribution in [3.05, 3.63) is 94.7 Å². The maximum atomic E-state index is 14.2. The summed E-state index contributed by atoms with van der Waals surface area (Å²) in [5, 5.41) is 1.41. The first-order chi connectivity index (χ1) is 17.8. The molecule has 0 aliphatic carbocycles. The minimum atomic E-state index is -0.633. The number of carbonyl (C=O) groups excluding carboxylic acids is 1. The molecule has 1 fully saturated rings. The van der Waals surface area contributed by atoms with Crippen LogP contribution in [0, 0.1) is 12.7 Å². The average Bonchev–Trinajstić information content (AvgIpc) is 3.64. The lowest BCUT2D eigenvalue weighted by molar-refractivity contribution is 0.0601. The van der Waals surface area contributed by atoms with Gasteiger partial charge < -0.3 is 9.88 Å². The lowest BCUT2D eigenvalue weighted by Gasteiger charge is -2.33. The van der Waals surface area contributed by atoms with Gasteiger partial charge in [-0.1, -0.05) is 54.1 Å². The summed E-state index contributed by atoms with van der Waals surface area (Å²) in [4.78, 5) is 30.0. The smallest absolute Gasteiger partial charge is 0.274 e. The van der Waals surface area contributed by atoms with Crippen LogP contribution in [0.25, 0.3) is 32.0 Å². The van der Waals surface area contributed by atoms with Crippen LogP contribution in [0.3, 0.4) is 0 Å². The fourth-order valence-electron chi connectivity index (χ4n) is 5.07. The normalized spacial score (nSPS) is 17.6. The van der Waals surface area contributed by atoms with Gasteiger partial charge >= 0.3 is 0 Å². The van der Waals surface area contributed by atoms with Gasteiger partial charge in [0.2, 0.25) is 0 Å². The predicted octanol–water partition coefficient (Wildman–Crippen LogP) is 7.61. The topological polar surface area (TPSA) is 61.9 Å². The summed E-state index contributed by atoms with van der Waals surface area (Å²) in [6, 6.07) is 19.8. The third kappa shape index (κ3) is 4.03. The van der Waals surface area contributed by atoms with E-state index in [2.05, 4.69) is 11.9 Å². The van der Waals surface area contributed by atoms with Gasteiger partial charge in [-0.15, -0.1) is 11.3 Å². The molecule has 5 nitrogen and oxygen atoms in total. The molecule has 37 heavy (non-hydrogen) atoms. The summed E-state index contributed by atoms with van der Waals surface area (Å²) in [5.41, 5.74) is 4.05. The molecule has 0 spiro atoms. The minimum Gasteiger partial charge on any atom is -0.340 e. The van der Waals surface area contributed by atoms with Crippen molar-refractivity contribution < 1.29 is 9.18 Å². The number of likely N-dealkylation sites (tertiary alicyclic amines) is 1. The lowest BCUT2D eigenvalue weighted by Crippen LogP contribution is -2.44. The SMILES string of the molecule is Cc1c(Cl)ccc2[nH]c(C3(C)CCCN3C(=O)c3nc(-c4ccccc4)sc3-c3ccc(F)cc3)nc12.